The van der Waals surface area contributed by atoms with Crippen LogP contribution in [0.5, 0.6) is 0 Å². The fourth-order valence-electron chi connectivity index (χ4n) is 2.97. The minimum Gasteiger partial charge on any atom is -0.318 e. The van der Waals surface area contributed by atoms with Gasteiger partial charge in [-0.15, -0.1) is 0 Å². The fourth-order valence-corrected chi connectivity index (χ4v) is 2.97. The van der Waals surface area contributed by atoms with E-state index in [9.17, 15) is 4.39 Å². The summed E-state index contributed by atoms with van der Waals surface area (Å²) in [5, 5.41) is 3.27. The molecule has 2 rings (SSSR count). The lowest BCUT2D eigenvalue weighted by molar-refractivity contribution is 0.188. The zero-order valence-electron chi connectivity index (χ0n) is 11.3. The summed E-state index contributed by atoms with van der Waals surface area (Å²) in [7, 11) is 2.02. The number of hydrogen-bond donors (Lipinski definition) is 1. The summed E-state index contributed by atoms with van der Waals surface area (Å²) in [6.07, 6.45) is 3.58. The molecule has 1 aliphatic heterocycles. The maximum atomic E-state index is 12.9. The Morgan fingerprint density at radius 3 is 2.78 bits per heavy atom. The first-order chi connectivity index (χ1) is 8.70. The zero-order valence-corrected chi connectivity index (χ0v) is 11.3. The Bertz CT molecular complexity index is 363. The first-order valence-corrected chi connectivity index (χ1v) is 6.85. The summed E-state index contributed by atoms with van der Waals surface area (Å²) >= 11 is 0. The van der Waals surface area contributed by atoms with Crippen molar-refractivity contribution in [2.75, 3.05) is 20.1 Å². The molecule has 1 N–H and O–H groups in total. The van der Waals surface area contributed by atoms with Crippen molar-refractivity contribution in [3.8, 4) is 0 Å². The van der Waals surface area contributed by atoms with Gasteiger partial charge in [0, 0.05) is 18.6 Å². The summed E-state index contributed by atoms with van der Waals surface area (Å²) in [4.78, 5) is 2.58. The Labute approximate surface area is 109 Å². The Morgan fingerprint density at radius 2 is 2.11 bits per heavy atom. The third-order valence-electron chi connectivity index (χ3n) is 3.87. The van der Waals surface area contributed by atoms with Crippen LogP contribution in [0.2, 0.25) is 0 Å². The third kappa shape index (κ3) is 3.30. The number of rotatable bonds is 5. The SMILES string of the molecule is CNCC1CCCN1C(C)Cc1ccc(F)cc1. The molecule has 100 valence electrons. The molecule has 0 aliphatic carbocycles. The van der Waals surface area contributed by atoms with Gasteiger partial charge < -0.3 is 5.32 Å². The van der Waals surface area contributed by atoms with Crippen molar-refractivity contribution >= 4 is 0 Å². The number of likely N-dealkylation sites (tertiary alicyclic amines) is 1. The van der Waals surface area contributed by atoms with E-state index in [1.54, 1.807) is 12.1 Å². The van der Waals surface area contributed by atoms with E-state index in [4.69, 9.17) is 0 Å². The van der Waals surface area contributed by atoms with Crippen molar-refractivity contribution in [2.45, 2.75) is 38.3 Å². The predicted octanol–water partition coefficient (Wildman–Crippen LogP) is 2.44. The van der Waals surface area contributed by atoms with Crippen LogP contribution in [0.25, 0.3) is 0 Å². The summed E-state index contributed by atoms with van der Waals surface area (Å²) in [5.41, 5.74) is 1.22. The molecule has 2 atom stereocenters. The number of nitrogens with one attached hydrogen (secondary N) is 1. The number of hydrogen-bond acceptors (Lipinski definition) is 2. The molecule has 1 aliphatic rings. The predicted molar refractivity (Wildman–Crippen MR) is 73.2 cm³/mol. The molecule has 0 saturated carbocycles. The third-order valence-corrected chi connectivity index (χ3v) is 3.87. The van der Waals surface area contributed by atoms with E-state index < -0.39 is 0 Å². The molecule has 0 spiro atoms. The molecule has 0 aromatic heterocycles. The molecule has 2 nitrogen and oxygen atoms in total. The maximum Gasteiger partial charge on any atom is 0.123 e. The highest BCUT2D eigenvalue weighted by Crippen LogP contribution is 2.21. The van der Waals surface area contributed by atoms with Gasteiger partial charge in [0.25, 0.3) is 0 Å². The lowest BCUT2D eigenvalue weighted by atomic mass is 10.0. The largest absolute Gasteiger partial charge is 0.318 e. The van der Waals surface area contributed by atoms with E-state index >= 15 is 0 Å². The highest BCUT2D eigenvalue weighted by molar-refractivity contribution is 5.17. The monoisotopic (exact) mass is 250 g/mol. The molecule has 1 heterocycles. The van der Waals surface area contributed by atoms with Crippen LogP contribution in [-0.4, -0.2) is 37.1 Å². The highest BCUT2D eigenvalue weighted by Gasteiger charge is 2.27. The summed E-state index contributed by atoms with van der Waals surface area (Å²) in [6, 6.07) is 8.08. The lowest BCUT2D eigenvalue weighted by Crippen LogP contribution is -2.43. The highest BCUT2D eigenvalue weighted by atomic mass is 19.1. The van der Waals surface area contributed by atoms with Crippen LogP contribution >= 0.6 is 0 Å². The topological polar surface area (TPSA) is 15.3 Å². The number of benzene rings is 1. The maximum absolute atomic E-state index is 12.9. The molecule has 3 heteroatoms. The lowest BCUT2D eigenvalue weighted by Gasteiger charge is -2.30. The molecule has 1 saturated heterocycles. The molecule has 1 fully saturated rings. The Kier molecular flexibility index (Phi) is 4.72. The number of nitrogens with zero attached hydrogens (tertiary/aromatic N) is 1. The molecule has 0 amide bonds. The van der Waals surface area contributed by atoms with Crippen molar-refractivity contribution in [3.63, 3.8) is 0 Å². The average molecular weight is 250 g/mol. The summed E-state index contributed by atoms with van der Waals surface area (Å²) in [6.45, 7) is 4.53. The van der Waals surface area contributed by atoms with Crippen molar-refractivity contribution in [3.05, 3.63) is 35.6 Å². The zero-order chi connectivity index (χ0) is 13.0. The summed E-state index contributed by atoms with van der Waals surface area (Å²) in [5.74, 6) is -0.152. The molecule has 18 heavy (non-hydrogen) atoms. The molecule has 0 bridgehead atoms. The second-order valence-corrected chi connectivity index (χ2v) is 5.27. The van der Waals surface area contributed by atoms with Crippen molar-refractivity contribution < 1.29 is 4.39 Å². The normalized spacial score (nSPS) is 22.3. The molecule has 1 aromatic carbocycles. The van der Waals surface area contributed by atoms with Gasteiger partial charge in [-0.1, -0.05) is 12.1 Å². The van der Waals surface area contributed by atoms with Gasteiger partial charge in [0.1, 0.15) is 5.82 Å². The van der Waals surface area contributed by atoms with Gasteiger partial charge in [-0.2, -0.15) is 0 Å². The second-order valence-electron chi connectivity index (χ2n) is 5.27. The van der Waals surface area contributed by atoms with Crippen LogP contribution in [0.3, 0.4) is 0 Å². The molecule has 1 aromatic rings. The minimum atomic E-state index is -0.152. The standard InChI is InChI=1S/C15H23FN2/c1-12(10-13-5-7-14(16)8-6-13)18-9-3-4-15(18)11-17-2/h5-8,12,15,17H,3-4,9-11H2,1-2H3. The average Bonchev–Trinajstić information content (AvgIpc) is 2.81. The van der Waals surface area contributed by atoms with Crippen LogP contribution in [0, 0.1) is 5.82 Å². The van der Waals surface area contributed by atoms with E-state index in [0.29, 0.717) is 12.1 Å². The van der Waals surface area contributed by atoms with Gasteiger partial charge >= 0.3 is 0 Å². The molecular weight excluding hydrogens is 227 g/mol. The second kappa shape index (κ2) is 6.30. The van der Waals surface area contributed by atoms with Crippen molar-refractivity contribution in [1.29, 1.82) is 0 Å². The Balaban J connectivity index is 1.94. The van der Waals surface area contributed by atoms with Gasteiger partial charge in [0.15, 0.2) is 0 Å². The molecule has 2 unspecified atom stereocenters. The fraction of sp³-hybridized carbons (Fsp3) is 0.600. The first-order valence-electron chi connectivity index (χ1n) is 6.85. The molecular formula is C15H23FN2. The van der Waals surface area contributed by atoms with E-state index in [0.717, 1.165) is 13.0 Å². The quantitative estimate of drug-likeness (QED) is 0.863. The van der Waals surface area contributed by atoms with E-state index in [1.807, 2.05) is 19.2 Å². The van der Waals surface area contributed by atoms with Gasteiger partial charge in [-0.25, -0.2) is 4.39 Å². The van der Waals surface area contributed by atoms with Crippen molar-refractivity contribution in [1.82, 2.24) is 10.2 Å². The van der Waals surface area contributed by atoms with Crippen LogP contribution in [-0.2, 0) is 6.42 Å². The van der Waals surface area contributed by atoms with Gasteiger partial charge in [-0.05, 0) is 57.5 Å². The van der Waals surface area contributed by atoms with E-state index in [2.05, 4.69) is 17.1 Å². The van der Waals surface area contributed by atoms with Crippen molar-refractivity contribution in [2.24, 2.45) is 0 Å². The van der Waals surface area contributed by atoms with Crippen LogP contribution in [0.15, 0.2) is 24.3 Å². The Morgan fingerprint density at radius 1 is 1.39 bits per heavy atom. The van der Waals surface area contributed by atoms with Crippen LogP contribution in [0.4, 0.5) is 4.39 Å². The van der Waals surface area contributed by atoms with E-state index in [-0.39, 0.29) is 5.82 Å². The van der Waals surface area contributed by atoms with Gasteiger partial charge in [0.2, 0.25) is 0 Å². The van der Waals surface area contributed by atoms with Gasteiger partial charge in [0.05, 0.1) is 0 Å². The Hall–Kier alpha value is -0.930. The molecule has 0 radical (unpaired) electrons. The first kappa shape index (κ1) is 13.5. The number of halogens is 1. The minimum absolute atomic E-state index is 0.152. The smallest absolute Gasteiger partial charge is 0.123 e. The summed E-state index contributed by atoms with van der Waals surface area (Å²) < 4.78 is 12.9. The van der Waals surface area contributed by atoms with Crippen LogP contribution < -0.4 is 5.32 Å². The number of likely N-dealkylation sites (N-methyl/N-ethyl adjacent to an activating group) is 1. The van der Waals surface area contributed by atoms with Crippen LogP contribution in [0.1, 0.15) is 25.3 Å². The van der Waals surface area contributed by atoms with E-state index in [1.165, 1.54) is 24.9 Å². The van der Waals surface area contributed by atoms with Gasteiger partial charge in [-0.3, -0.25) is 4.90 Å².